The van der Waals surface area contributed by atoms with Gasteiger partial charge in [-0.3, -0.25) is 4.68 Å². The van der Waals surface area contributed by atoms with E-state index in [1.165, 1.54) is 23.3 Å². The number of nitrogens with zero attached hydrogens (tertiary/aromatic N) is 6. The average molecular weight is 485 g/mol. The molecule has 1 aliphatic heterocycles. The molecule has 0 aromatic carbocycles. The molecule has 10 nitrogen and oxygen atoms in total. The van der Waals surface area contributed by atoms with Crippen LogP contribution in [-0.4, -0.2) is 70.8 Å². The van der Waals surface area contributed by atoms with E-state index < -0.39 is 34.1 Å². The molecule has 0 bridgehead atoms. The van der Waals surface area contributed by atoms with E-state index in [-0.39, 0.29) is 48.4 Å². The summed E-state index contributed by atoms with van der Waals surface area (Å²) in [5.41, 5.74) is -1.25. The number of anilines is 1. The van der Waals surface area contributed by atoms with Crippen molar-refractivity contribution in [1.82, 2.24) is 24.1 Å². The molecule has 2 aromatic heterocycles. The zero-order chi connectivity index (χ0) is 23.8. The lowest BCUT2D eigenvalue weighted by Crippen LogP contribution is -2.49. The molecule has 1 aliphatic carbocycles. The van der Waals surface area contributed by atoms with Crippen molar-refractivity contribution >= 4 is 16.0 Å². The second-order valence-electron chi connectivity index (χ2n) is 8.24. The molecular weight excluding hydrogens is 463 g/mol. The largest absolute Gasteiger partial charge is 0.476 e. The van der Waals surface area contributed by atoms with Crippen LogP contribution in [0.3, 0.4) is 0 Å². The van der Waals surface area contributed by atoms with Crippen molar-refractivity contribution in [2.45, 2.75) is 42.8 Å². The van der Waals surface area contributed by atoms with Gasteiger partial charge < -0.3 is 10.1 Å². The molecule has 14 heteroatoms. The number of aromatic nitrogens is 4. The molecule has 0 radical (unpaired) electrons. The highest BCUT2D eigenvalue weighted by Gasteiger charge is 2.52. The van der Waals surface area contributed by atoms with Crippen LogP contribution in [0.4, 0.5) is 19.1 Å². The summed E-state index contributed by atoms with van der Waals surface area (Å²) in [6.45, 7) is -0.594. The van der Waals surface area contributed by atoms with Crippen molar-refractivity contribution in [3.05, 3.63) is 24.2 Å². The number of aryl methyl sites for hydroxylation is 1. The van der Waals surface area contributed by atoms with E-state index in [1.807, 2.05) is 6.07 Å². The summed E-state index contributed by atoms with van der Waals surface area (Å²) in [6, 6.07) is 1.05. The zero-order valence-electron chi connectivity index (χ0n) is 17.7. The van der Waals surface area contributed by atoms with Crippen LogP contribution in [-0.2, 0) is 17.1 Å². The van der Waals surface area contributed by atoms with E-state index in [2.05, 4.69) is 20.4 Å². The van der Waals surface area contributed by atoms with Crippen LogP contribution in [0.15, 0.2) is 23.5 Å². The quantitative estimate of drug-likeness (QED) is 0.599. The summed E-state index contributed by atoms with van der Waals surface area (Å²) in [6.07, 6.45) is 0.402. The zero-order valence-corrected chi connectivity index (χ0v) is 18.5. The van der Waals surface area contributed by atoms with Crippen LogP contribution in [0.25, 0.3) is 0 Å². The van der Waals surface area contributed by atoms with Gasteiger partial charge in [0.05, 0.1) is 23.9 Å². The van der Waals surface area contributed by atoms with Crippen LogP contribution in [0, 0.1) is 16.7 Å². The van der Waals surface area contributed by atoms with Crippen molar-refractivity contribution in [3.63, 3.8) is 0 Å². The normalized spacial score (nSPS) is 22.7. The van der Waals surface area contributed by atoms with Gasteiger partial charge in [0.1, 0.15) is 29.3 Å². The Kier molecular flexibility index (Phi) is 6.19. The number of nitriles is 1. The molecule has 2 aromatic rings. The minimum absolute atomic E-state index is 0.0157. The summed E-state index contributed by atoms with van der Waals surface area (Å²) in [7, 11) is -2.29. The molecule has 2 fully saturated rings. The van der Waals surface area contributed by atoms with Crippen LogP contribution in [0.1, 0.15) is 24.8 Å². The third-order valence-electron chi connectivity index (χ3n) is 5.86. The molecule has 1 saturated heterocycles. The summed E-state index contributed by atoms with van der Waals surface area (Å²) in [5.74, 6) is -0.198. The van der Waals surface area contributed by atoms with Gasteiger partial charge in [-0.15, -0.1) is 0 Å². The maximum Gasteiger partial charge on any atom is 0.247 e. The Morgan fingerprint density at radius 2 is 2.15 bits per heavy atom. The molecule has 0 spiro atoms. The lowest BCUT2D eigenvalue weighted by Gasteiger charge is -2.34. The Morgan fingerprint density at radius 1 is 1.39 bits per heavy atom. The van der Waals surface area contributed by atoms with Gasteiger partial charge in [-0.1, -0.05) is 0 Å². The fourth-order valence-corrected chi connectivity index (χ4v) is 4.97. The van der Waals surface area contributed by atoms with Gasteiger partial charge in [0, 0.05) is 26.3 Å². The second-order valence-corrected chi connectivity index (χ2v) is 10.2. The van der Waals surface area contributed by atoms with E-state index in [0.29, 0.717) is 12.8 Å². The van der Waals surface area contributed by atoms with Gasteiger partial charge >= 0.3 is 0 Å². The van der Waals surface area contributed by atoms with Gasteiger partial charge in [0.15, 0.2) is 0 Å². The van der Waals surface area contributed by atoms with Crippen LogP contribution < -0.4 is 10.1 Å². The molecular formula is C19H22F3N7O3S. The third-order valence-corrected chi connectivity index (χ3v) is 7.68. The predicted octanol–water partition coefficient (Wildman–Crippen LogP) is 1.72. The highest BCUT2D eigenvalue weighted by atomic mass is 32.2. The number of ether oxygens (including phenoxy) is 1. The molecule has 1 saturated carbocycles. The summed E-state index contributed by atoms with van der Waals surface area (Å²) in [5, 5.41) is 15.9. The molecule has 33 heavy (non-hydrogen) atoms. The first-order valence-corrected chi connectivity index (χ1v) is 11.7. The average Bonchev–Trinajstić information content (AvgIpc) is 3.46. The summed E-state index contributed by atoms with van der Waals surface area (Å²) in [4.78, 5) is 8.01. The first-order chi connectivity index (χ1) is 15.6. The van der Waals surface area contributed by atoms with E-state index in [0.717, 1.165) is 4.31 Å². The third kappa shape index (κ3) is 4.74. The lowest BCUT2D eigenvalue weighted by atomic mass is 10.1. The van der Waals surface area contributed by atoms with Gasteiger partial charge in [0.25, 0.3) is 0 Å². The van der Waals surface area contributed by atoms with Crippen LogP contribution >= 0.6 is 0 Å². The van der Waals surface area contributed by atoms with Gasteiger partial charge in [-0.05, 0) is 19.3 Å². The molecule has 0 amide bonds. The van der Waals surface area contributed by atoms with Crippen molar-refractivity contribution in [2.24, 2.45) is 12.5 Å². The highest BCUT2D eigenvalue weighted by Crippen LogP contribution is 2.50. The fourth-order valence-electron chi connectivity index (χ4n) is 3.53. The maximum absolute atomic E-state index is 14.9. The predicted molar refractivity (Wildman–Crippen MR) is 109 cm³/mol. The van der Waals surface area contributed by atoms with E-state index in [4.69, 9.17) is 4.74 Å². The smallest absolute Gasteiger partial charge is 0.247 e. The molecule has 4 rings (SSSR count). The molecule has 2 atom stereocenters. The lowest BCUT2D eigenvalue weighted by molar-refractivity contribution is 0.0304. The monoisotopic (exact) mass is 485 g/mol. The SMILES string of the molecule is Cn1cc(S(=O)(=O)N2CC[C@@H](Nc3ncc(C#N)c(OCC4(C(F)F)CC4)n3)[C@H](F)C2)cn1. The Morgan fingerprint density at radius 3 is 2.73 bits per heavy atom. The summed E-state index contributed by atoms with van der Waals surface area (Å²) >= 11 is 0. The number of alkyl halides is 3. The number of rotatable bonds is 8. The second kappa shape index (κ2) is 8.79. The number of piperidine rings is 1. The standard InChI is InChI=1S/C19H22F3N7O3S/c1-28-9-13(8-25-28)33(30,31)29-5-2-15(14(20)10-29)26-18-24-7-12(6-23)16(27-18)32-11-19(3-4-19)17(21)22/h7-9,14-15,17H,2-5,10-11H2,1H3,(H,24,26,27)/t14-,15-/m1/s1. The van der Waals surface area contributed by atoms with Crippen LogP contribution in [0.2, 0.25) is 0 Å². The first kappa shape index (κ1) is 23.2. The van der Waals surface area contributed by atoms with Gasteiger partial charge in [-0.2, -0.15) is 19.6 Å². The van der Waals surface area contributed by atoms with Crippen molar-refractivity contribution < 1.29 is 26.3 Å². The first-order valence-electron chi connectivity index (χ1n) is 10.2. The van der Waals surface area contributed by atoms with Crippen molar-refractivity contribution in [1.29, 1.82) is 5.26 Å². The van der Waals surface area contributed by atoms with Crippen molar-refractivity contribution in [2.75, 3.05) is 25.0 Å². The fraction of sp³-hybridized carbons (Fsp3) is 0.579. The molecule has 178 valence electrons. The van der Waals surface area contributed by atoms with Crippen LogP contribution in [0.5, 0.6) is 5.88 Å². The Balaban J connectivity index is 1.41. The Labute approximate surface area is 188 Å². The number of hydrogen-bond acceptors (Lipinski definition) is 8. The molecule has 0 unspecified atom stereocenters. The Bertz CT molecular complexity index is 1160. The summed E-state index contributed by atoms with van der Waals surface area (Å²) < 4.78 is 74.3. The van der Waals surface area contributed by atoms with Gasteiger partial charge in [-0.25, -0.2) is 26.6 Å². The van der Waals surface area contributed by atoms with Crippen molar-refractivity contribution in [3.8, 4) is 11.9 Å². The van der Waals surface area contributed by atoms with Gasteiger partial charge in [0.2, 0.25) is 28.3 Å². The van der Waals surface area contributed by atoms with E-state index in [1.54, 1.807) is 7.05 Å². The maximum atomic E-state index is 14.9. The topological polar surface area (TPSA) is 126 Å². The number of hydrogen-bond donors (Lipinski definition) is 1. The molecule has 3 heterocycles. The highest BCUT2D eigenvalue weighted by molar-refractivity contribution is 7.89. The number of halogens is 3. The van der Waals surface area contributed by atoms with E-state index >= 15 is 0 Å². The number of nitrogens with one attached hydrogen (secondary N) is 1. The Hall–Kier alpha value is -2.92. The van der Waals surface area contributed by atoms with E-state index in [9.17, 15) is 26.9 Å². The molecule has 1 N–H and O–H groups in total. The minimum atomic E-state index is -3.87. The molecule has 2 aliphatic rings. The minimum Gasteiger partial charge on any atom is -0.476 e. The number of sulfonamides is 1.